The van der Waals surface area contributed by atoms with Gasteiger partial charge in [0.05, 0.1) is 6.61 Å². The van der Waals surface area contributed by atoms with Crippen LogP contribution in [-0.4, -0.2) is 47.2 Å². The number of rotatable bonds is 7. The van der Waals surface area contributed by atoms with Crippen LogP contribution in [0.3, 0.4) is 0 Å². The molecule has 0 aromatic rings. The van der Waals surface area contributed by atoms with E-state index in [9.17, 15) is 9.90 Å². The number of fused-ring (bicyclic) bond motifs is 2. The molecule has 2 atom stereocenters. The Balaban J connectivity index is 1.90. The van der Waals surface area contributed by atoms with Gasteiger partial charge in [-0.1, -0.05) is 13.8 Å². The lowest BCUT2D eigenvalue weighted by atomic mass is 9.89. The van der Waals surface area contributed by atoms with Gasteiger partial charge in [0.25, 0.3) is 0 Å². The molecule has 2 aliphatic heterocycles. The van der Waals surface area contributed by atoms with Gasteiger partial charge in [-0.05, 0) is 44.4 Å². The summed E-state index contributed by atoms with van der Waals surface area (Å²) < 4.78 is 0. The summed E-state index contributed by atoms with van der Waals surface area (Å²) in [6.07, 6.45) is 7.48. The first kappa shape index (κ1) is 15.8. The molecule has 2 aliphatic rings. The maximum atomic E-state index is 12.6. The van der Waals surface area contributed by atoms with E-state index in [0.29, 0.717) is 31.0 Å². The van der Waals surface area contributed by atoms with Crippen molar-refractivity contribution < 1.29 is 9.90 Å². The maximum absolute atomic E-state index is 12.6. The van der Waals surface area contributed by atoms with E-state index in [1.165, 1.54) is 12.8 Å². The Morgan fingerprint density at radius 1 is 1.25 bits per heavy atom. The fourth-order valence-electron chi connectivity index (χ4n) is 4.05. The summed E-state index contributed by atoms with van der Waals surface area (Å²) in [7, 11) is 0. The summed E-state index contributed by atoms with van der Waals surface area (Å²) in [6.45, 7) is 4.80. The molecule has 0 aromatic carbocycles. The van der Waals surface area contributed by atoms with E-state index in [-0.39, 0.29) is 18.6 Å². The third-order valence-electron chi connectivity index (χ3n) is 5.08. The molecule has 4 nitrogen and oxygen atoms in total. The van der Waals surface area contributed by atoms with Gasteiger partial charge in [0.2, 0.25) is 5.91 Å². The second-order valence-electron chi connectivity index (χ2n) is 6.46. The summed E-state index contributed by atoms with van der Waals surface area (Å²) in [6, 6.07) is 1.57. The highest BCUT2D eigenvalue weighted by atomic mass is 16.3. The van der Waals surface area contributed by atoms with Gasteiger partial charge in [-0.2, -0.15) is 0 Å². The Bertz CT molecular complexity index is 306. The largest absolute Gasteiger partial charge is 0.395 e. The smallest absolute Gasteiger partial charge is 0.223 e. The number of carbonyl (C=O) groups excluding carboxylic acids is 1. The summed E-state index contributed by atoms with van der Waals surface area (Å²) in [4.78, 5) is 14.5. The average molecular weight is 282 g/mol. The molecule has 20 heavy (non-hydrogen) atoms. The van der Waals surface area contributed by atoms with Crippen molar-refractivity contribution in [1.29, 1.82) is 0 Å². The number of nitrogens with one attached hydrogen (secondary N) is 1. The molecule has 0 saturated carbocycles. The predicted octanol–water partition coefficient (Wildman–Crippen LogP) is 1.92. The molecule has 1 amide bonds. The Kier molecular flexibility index (Phi) is 5.85. The van der Waals surface area contributed by atoms with Crippen molar-refractivity contribution in [1.82, 2.24) is 10.2 Å². The molecule has 2 fully saturated rings. The first-order valence-corrected chi connectivity index (χ1v) is 8.34. The van der Waals surface area contributed by atoms with Crippen LogP contribution in [0, 0.1) is 5.92 Å². The van der Waals surface area contributed by atoms with E-state index in [2.05, 4.69) is 19.2 Å². The van der Waals surface area contributed by atoms with Crippen molar-refractivity contribution >= 4 is 5.91 Å². The van der Waals surface area contributed by atoms with Crippen molar-refractivity contribution in [2.24, 2.45) is 5.92 Å². The van der Waals surface area contributed by atoms with Gasteiger partial charge in [-0.25, -0.2) is 0 Å². The van der Waals surface area contributed by atoms with E-state index in [1.807, 2.05) is 4.90 Å². The fraction of sp³-hybridized carbons (Fsp3) is 0.938. The number of piperidine rings is 1. The predicted molar refractivity (Wildman–Crippen MR) is 80.5 cm³/mol. The zero-order valence-corrected chi connectivity index (χ0v) is 13.0. The van der Waals surface area contributed by atoms with Crippen molar-refractivity contribution in [2.75, 3.05) is 13.2 Å². The maximum Gasteiger partial charge on any atom is 0.223 e. The van der Waals surface area contributed by atoms with Crippen molar-refractivity contribution in [3.05, 3.63) is 0 Å². The monoisotopic (exact) mass is 282 g/mol. The van der Waals surface area contributed by atoms with Gasteiger partial charge in [-0.15, -0.1) is 0 Å². The van der Waals surface area contributed by atoms with E-state index in [1.54, 1.807) is 0 Å². The Morgan fingerprint density at radius 2 is 1.85 bits per heavy atom. The second-order valence-corrected chi connectivity index (χ2v) is 6.46. The number of carbonyl (C=O) groups is 1. The molecule has 2 saturated heterocycles. The highest BCUT2D eigenvalue weighted by Crippen LogP contribution is 2.33. The van der Waals surface area contributed by atoms with Crippen LogP contribution in [-0.2, 0) is 4.79 Å². The first-order valence-electron chi connectivity index (χ1n) is 8.34. The third-order valence-corrected chi connectivity index (χ3v) is 5.08. The topological polar surface area (TPSA) is 52.6 Å². The average Bonchev–Trinajstić information content (AvgIpc) is 2.78. The van der Waals surface area contributed by atoms with E-state index >= 15 is 0 Å². The molecule has 2 N–H and O–H groups in total. The quantitative estimate of drug-likeness (QED) is 0.750. The highest BCUT2D eigenvalue weighted by molar-refractivity contribution is 5.76. The molecule has 2 rings (SSSR count). The molecule has 2 bridgehead atoms. The standard InChI is InChI=1S/C16H30N2O2/c1-3-15(4-2)18(7-8-19)16(20)11-12-9-13-5-6-14(10-12)17-13/h12-15,17,19H,3-11H2,1-2H3. The SMILES string of the molecule is CCC(CC)N(CCO)C(=O)CC1CC2CCC(C1)N2. The zero-order chi connectivity index (χ0) is 14.5. The molecule has 116 valence electrons. The summed E-state index contributed by atoms with van der Waals surface area (Å²) >= 11 is 0. The lowest BCUT2D eigenvalue weighted by Crippen LogP contribution is -2.44. The van der Waals surface area contributed by atoms with Gasteiger partial charge < -0.3 is 15.3 Å². The number of hydrogen-bond donors (Lipinski definition) is 2. The summed E-state index contributed by atoms with van der Waals surface area (Å²) in [5.74, 6) is 0.788. The minimum Gasteiger partial charge on any atom is -0.395 e. The zero-order valence-electron chi connectivity index (χ0n) is 13.0. The summed E-state index contributed by atoms with van der Waals surface area (Å²) in [5, 5.41) is 12.8. The number of amides is 1. The molecular weight excluding hydrogens is 252 g/mol. The molecule has 2 heterocycles. The van der Waals surface area contributed by atoms with Crippen LogP contribution < -0.4 is 5.32 Å². The molecular formula is C16H30N2O2. The second kappa shape index (κ2) is 7.41. The van der Waals surface area contributed by atoms with Crippen LogP contribution in [0.5, 0.6) is 0 Å². The van der Waals surface area contributed by atoms with Gasteiger partial charge in [0.15, 0.2) is 0 Å². The van der Waals surface area contributed by atoms with Crippen molar-refractivity contribution in [2.45, 2.75) is 76.9 Å². The van der Waals surface area contributed by atoms with Crippen LogP contribution >= 0.6 is 0 Å². The van der Waals surface area contributed by atoms with E-state index in [0.717, 1.165) is 25.7 Å². The Morgan fingerprint density at radius 3 is 2.35 bits per heavy atom. The van der Waals surface area contributed by atoms with Gasteiger partial charge in [0, 0.05) is 31.1 Å². The minimum absolute atomic E-state index is 0.0692. The Hall–Kier alpha value is -0.610. The van der Waals surface area contributed by atoms with Crippen molar-refractivity contribution in [3.8, 4) is 0 Å². The lowest BCUT2D eigenvalue weighted by Gasteiger charge is -2.34. The molecule has 0 spiro atoms. The normalized spacial score (nSPS) is 28.9. The van der Waals surface area contributed by atoms with Crippen LogP contribution in [0.1, 0.15) is 58.8 Å². The van der Waals surface area contributed by atoms with Gasteiger partial charge in [-0.3, -0.25) is 4.79 Å². The van der Waals surface area contributed by atoms with E-state index in [4.69, 9.17) is 0 Å². The van der Waals surface area contributed by atoms with Crippen molar-refractivity contribution in [3.63, 3.8) is 0 Å². The molecule has 4 heteroatoms. The first-order chi connectivity index (χ1) is 9.67. The van der Waals surface area contributed by atoms with Crippen LogP contribution in [0.4, 0.5) is 0 Å². The Labute approximate surface area is 122 Å². The van der Waals surface area contributed by atoms with Gasteiger partial charge >= 0.3 is 0 Å². The minimum atomic E-state index is 0.0692. The third kappa shape index (κ3) is 3.73. The lowest BCUT2D eigenvalue weighted by molar-refractivity contribution is -0.135. The number of hydrogen-bond acceptors (Lipinski definition) is 3. The number of aliphatic hydroxyl groups excluding tert-OH is 1. The van der Waals surface area contributed by atoms with Crippen LogP contribution in [0.25, 0.3) is 0 Å². The van der Waals surface area contributed by atoms with Crippen LogP contribution in [0.2, 0.25) is 0 Å². The highest BCUT2D eigenvalue weighted by Gasteiger charge is 2.35. The number of nitrogens with zero attached hydrogens (tertiary/aromatic N) is 1. The van der Waals surface area contributed by atoms with Crippen LogP contribution in [0.15, 0.2) is 0 Å². The molecule has 2 unspecified atom stereocenters. The van der Waals surface area contributed by atoms with Gasteiger partial charge in [0.1, 0.15) is 0 Å². The molecule has 0 aliphatic carbocycles. The number of aliphatic hydroxyl groups is 1. The molecule has 0 radical (unpaired) electrons. The molecule has 0 aromatic heterocycles. The van der Waals surface area contributed by atoms with E-state index < -0.39 is 0 Å². The summed E-state index contributed by atoms with van der Waals surface area (Å²) in [5.41, 5.74) is 0. The fourth-order valence-corrected chi connectivity index (χ4v) is 4.05.